The van der Waals surface area contributed by atoms with Gasteiger partial charge in [0, 0.05) is 12.0 Å². The molecule has 1 aliphatic heterocycles. The molecule has 5 nitrogen and oxygen atoms in total. The maximum atomic E-state index is 12.3. The molecular weight excluding hydrogens is 292 g/mol. The zero-order valence-corrected chi connectivity index (χ0v) is 12.2. The summed E-state index contributed by atoms with van der Waals surface area (Å²) in [4.78, 5) is 12.3. The number of hydrogen-bond donors (Lipinski definition) is 0. The Morgan fingerprint density at radius 2 is 1.83 bits per heavy atom. The molecule has 1 aliphatic rings. The summed E-state index contributed by atoms with van der Waals surface area (Å²) in [6.07, 6.45) is 0.0715. The van der Waals surface area contributed by atoms with Gasteiger partial charge in [0.2, 0.25) is 6.79 Å². The predicted molar refractivity (Wildman–Crippen MR) is 81.0 cm³/mol. The molecule has 0 saturated carbocycles. The Morgan fingerprint density at radius 1 is 1.09 bits per heavy atom. The number of rotatable bonds is 4. The number of nitrogens with zero attached hydrogens (tertiary/aromatic N) is 2. The minimum atomic E-state index is -0.562. The van der Waals surface area contributed by atoms with Crippen LogP contribution in [0.2, 0.25) is 0 Å². The van der Waals surface area contributed by atoms with Crippen LogP contribution in [0, 0.1) is 22.7 Å². The van der Waals surface area contributed by atoms with E-state index in [2.05, 4.69) is 6.07 Å². The first-order valence-electron chi connectivity index (χ1n) is 7.04. The molecule has 2 aromatic carbocycles. The van der Waals surface area contributed by atoms with Crippen LogP contribution in [0.15, 0.2) is 42.5 Å². The molecule has 0 aromatic heterocycles. The lowest BCUT2D eigenvalue weighted by Crippen LogP contribution is -2.06. The zero-order valence-electron chi connectivity index (χ0n) is 12.2. The Kier molecular flexibility index (Phi) is 3.95. The van der Waals surface area contributed by atoms with E-state index >= 15 is 0 Å². The molecule has 2 aromatic rings. The fourth-order valence-corrected chi connectivity index (χ4v) is 2.40. The SMILES string of the molecule is N#Cc1ccc(C(=O)CC(C#N)c2ccc3c(c2)OCO3)cc1. The second-order valence-electron chi connectivity index (χ2n) is 5.11. The third kappa shape index (κ3) is 3.00. The summed E-state index contributed by atoms with van der Waals surface area (Å²) in [6, 6.07) is 15.8. The number of fused-ring (bicyclic) bond motifs is 1. The molecule has 0 amide bonds. The van der Waals surface area contributed by atoms with Crippen molar-refractivity contribution in [3.63, 3.8) is 0 Å². The largest absolute Gasteiger partial charge is 0.454 e. The van der Waals surface area contributed by atoms with Crippen molar-refractivity contribution in [2.45, 2.75) is 12.3 Å². The van der Waals surface area contributed by atoms with E-state index in [9.17, 15) is 10.1 Å². The highest BCUT2D eigenvalue weighted by atomic mass is 16.7. The Bertz CT molecular complexity index is 829. The van der Waals surface area contributed by atoms with Gasteiger partial charge in [0.05, 0.1) is 23.6 Å². The van der Waals surface area contributed by atoms with Crippen molar-refractivity contribution in [1.82, 2.24) is 0 Å². The second-order valence-corrected chi connectivity index (χ2v) is 5.11. The molecule has 112 valence electrons. The smallest absolute Gasteiger partial charge is 0.231 e. The second kappa shape index (κ2) is 6.21. The summed E-state index contributed by atoms with van der Waals surface area (Å²) in [5.41, 5.74) is 1.71. The van der Waals surface area contributed by atoms with Gasteiger partial charge in [-0.2, -0.15) is 10.5 Å². The first-order valence-corrected chi connectivity index (χ1v) is 7.04. The van der Waals surface area contributed by atoms with Crippen LogP contribution in [-0.4, -0.2) is 12.6 Å². The van der Waals surface area contributed by atoms with Crippen LogP contribution in [0.1, 0.15) is 33.8 Å². The number of ether oxygens (including phenoxy) is 2. The number of nitriles is 2. The van der Waals surface area contributed by atoms with Gasteiger partial charge in [0.1, 0.15) is 0 Å². The van der Waals surface area contributed by atoms with Crippen LogP contribution in [0.4, 0.5) is 0 Å². The van der Waals surface area contributed by atoms with Crippen molar-refractivity contribution < 1.29 is 14.3 Å². The molecule has 1 heterocycles. The maximum Gasteiger partial charge on any atom is 0.231 e. The average Bonchev–Trinajstić information content (AvgIpc) is 3.07. The van der Waals surface area contributed by atoms with E-state index in [1.165, 1.54) is 0 Å². The van der Waals surface area contributed by atoms with E-state index in [0.29, 0.717) is 22.6 Å². The van der Waals surface area contributed by atoms with Crippen LogP contribution in [-0.2, 0) is 0 Å². The van der Waals surface area contributed by atoms with Crippen LogP contribution in [0.5, 0.6) is 11.5 Å². The quantitative estimate of drug-likeness (QED) is 0.810. The molecule has 0 aliphatic carbocycles. The lowest BCUT2D eigenvalue weighted by atomic mass is 9.92. The molecule has 0 fully saturated rings. The van der Waals surface area contributed by atoms with Crippen LogP contribution < -0.4 is 9.47 Å². The highest BCUT2D eigenvalue weighted by Gasteiger charge is 2.20. The van der Waals surface area contributed by atoms with Gasteiger partial charge in [-0.1, -0.05) is 18.2 Å². The number of hydrogen-bond acceptors (Lipinski definition) is 5. The van der Waals surface area contributed by atoms with E-state index in [4.69, 9.17) is 14.7 Å². The minimum Gasteiger partial charge on any atom is -0.454 e. The maximum absolute atomic E-state index is 12.3. The van der Waals surface area contributed by atoms with Gasteiger partial charge in [0.25, 0.3) is 0 Å². The standard InChI is InChI=1S/C18H12N2O3/c19-9-12-1-3-13(4-2-12)16(21)7-15(10-20)14-5-6-17-18(8-14)23-11-22-17/h1-6,8,15H,7,11H2. The number of benzene rings is 2. The molecule has 0 spiro atoms. The summed E-state index contributed by atoms with van der Waals surface area (Å²) in [5.74, 6) is 0.531. The third-order valence-corrected chi connectivity index (χ3v) is 3.68. The summed E-state index contributed by atoms with van der Waals surface area (Å²) >= 11 is 0. The highest BCUT2D eigenvalue weighted by Crippen LogP contribution is 2.35. The monoisotopic (exact) mass is 304 g/mol. The van der Waals surface area contributed by atoms with Crippen molar-refractivity contribution in [2.75, 3.05) is 6.79 Å². The van der Waals surface area contributed by atoms with Crippen molar-refractivity contribution in [1.29, 1.82) is 10.5 Å². The normalized spacial score (nSPS) is 13.0. The van der Waals surface area contributed by atoms with Crippen molar-refractivity contribution >= 4 is 5.78 Å². The number of ketones is 1. The van der Waals surface area contributed by atoms with Crippen molar-refractivity contribution in [3.8, 4) is 23.6 Å². The van der Waals surface area contributed by atoms with Crippen LogP contribution in [0.25, 0.3) is 0 Å². The highest BCUT2D eigenvalue weighted by molar-refractivity contribution is 5.96. The molecular formula is C18H12N2O3. The van der Waals surface area contributed by atoms with Crippen molar-refractivity contribution in [2.24, 2.45) is 0 Å². The molecule has 5 heteroatoms. The first kappa shape index (κ1) is 14.6. The minimum absolute atomic E-state index is 0.0715. The summed E-state index contributed by atoms with van der Waals surface area (Å²) in [5, 5.41) is 18.2. The van der Waals surface area contributed by atoms with Gasteiger partial charge in [-0.05, 0) is 29.8 Å². The number of Topliss-reactive ketones (excluding diaryl/α,β-unsaturated/α-hetero) is 1. The van der Waals surface area contributed by atoms with Gasteiger partial charge in [0.15, 0.2) is 17.3 Å². The van der Waals surface area contributed by atoms with Crippen LogP contribution in [0.3, 0.4) is 0 Å². The van der Waals surface area contributed by atoms with E-state index < -0.39 is 5.92 Å². The van der Waals surface area contributed by atoms with E-state index in [1.54, 1.807) is 42.5 Å². The molecule has 0 radical (unpaired) electrons. The predicted octanol–water partition coefficient (Wildman–Crippen LogP) is 3.17. The van der Waals surface area contributed by atoms with E-state index in [-0.39, 0.29) is 19.0 Å². The molecule has 1 atom stereocenters. The molecule has 0 N–H and O–H groups in total. The average molecular weight is 304 g/mol. The van der Waals surface area contributed by atoms with Gasteiger partial charge in [-0.15, -0.1) is 0 Å². The Morgan fingerprint density at radius 3 is 2.52 bits per heavy atom. The summed E-state index contributed by atoms with van der Waals surface area (Å²) < 4.78 is 10.5. The Labute approximate surface area is 133 Å². The first-order chi connectivity index (χ1) is 11.2. The number of carbonyl (C=O) groups is 1. The molecule has 1 unspecified atom stereocenters. The van der Waals surface area contributed by atoms with Crippen molar-refractivity contribution in [3.05, 3.63) is 59.2 Å². The molecule has 3 rings (SSSR count). The lowest BCUT2D eigenvalue weighted by Gasteiger charge is -2.09. The van der Waals surface area contributed by atoms with E-state index in [0.717, 1.165) is 5.56 Å². The molecule has 0 saturated heterocycles. The van der Waals surface area contributed by atoms with Gasteiger partial charge in [-0.25, -0.2) is 0 Å². The van der Waals surface area contributed by atoms with Crippen LogP contribution >= 0.6 is 0 Å². The lowest BCUT2D eigenvalue weighted by molar-refractivity contribution is 0.0979. The number of carbonyl (C=O) groups excluding carboxylic acids is 1. The zero-order chi connectivity index (χ0) is 16.2. The Balaban J connectivity index is 1.78. The van der Waals surface area contributed by atoms with Gasteiger partial charge < -0.3 is 9.47 Å². The fraction of sp³-hybridized carbons (Fsp3) is 0.167. The van der Waals surface area contributed by atoms with E-state index in [1.807, 2.05) is 6.07 Å². The fourth-order valence-electron chi connectivity index (χ4n) is 2.40. The third-order valence-electron chi connectivity index (χ3n) is 3.68. The van der Waals surface area contributed by atoms with Gasteiger partial charge in [-0.3, -0.25) is 4.79 Å². The summed E-state index contributed by atoms with van der Waals surface area (Å²) in [7, 11) is 0. The summed E-state index contributed by atoms with van der Waals surface area (Å²) in [6.45, 7) is 0.167. The Hall–Kier alpha value is -3.31. The molecule has 0 bridgehead atoms. The molecule has 23 heavy (non-hydrogen) atoms. The van der Waals surface area contributed by atoms with Gasteiger partial charge >= 0.3 is 0 Å². The topological polar surface area (TPSA) is 83.1 Å².